The maximum Gasteiger partial charge on any atom is 0.0116 e. The van der Waals surface area contributed by atoms with Crippen LogP contribution in [0.2, 0.25) is 0 Å². The minimum Gasteiger partial charge on any atom is -0.316 e. The van der Waals surface area contributed by atoms with E-state index in [0.717, 1.165) is 0 Å². The molecule has 1 atom stereocenters. The summed E-state index contributed by atoms with van der Waals surface area (Å²) in [6.07, 6.45) is 3.59. The van der Waals surface area contributed by atoms with Crippen LogP contribution in [0.3, 0.4) is 0 Å². The van der Waals surface area contributed by atoms with E-state index >= 15 is 0 Å². The van der Waals surface area contributed by atoms with Crippen molar-refractivity contribution in [1.29, 1.82) is 0 Å². The molecule has 1 aromatic rings. The second kappa shape index (κ2) is 5.83. The van der Waals surface area contributed by atoms with E-state index in [2.05, 4.69) is 52.2 Å². The van der Waals surface area contributed by atoms with Crippen LogP contribution in [0.1, 0.15) is 43.9 Å². The summed E-state index contributed by atoms with van der Waals surface area (Å²) in [6, 6.07) is 5.16. The standard InChI is InChI=1S/C14H25NS/c1-6-11-7-8-12(16-11)9-10-13(15-5)14(2,3)4/h7-8,13,15H,6,9-10H2,1-5H3. The van der Waals surface area contributed by atoms with Crippen molar-refractivity contribution in [3.8, 4) is 0 Å². The van der Waals surface area contributed by atoms with Gasteiger partial charge in [-0.3, -0.25) is 0 Å². The predicted octanol–water partition coefficient (Wildman–Crippen LogP) is 3.88. The molecular weight excluding hydrogens is 214 g/mol. The first kappa shape index (κ1) is 13.7. The van der Waals surface area contributed by atoms with E-state index in [1.807, 2.05) is 11.3 Å². The van der Waals surface area contributed by atoms with Gasteiger partial charge in [-0.15, -0.1) is 11.3 Å². The lowest BCUT2D eigenvalue weighted by molar-refractivity contribution is 0.268. The maximum absolute atomic E-state index is 3.44. The van der Waals surface area contributed by atoms with E-state index in [0.29, 0.717) is 11.5 Å². The third-order valence-corrected chi connectivity index (χ3v) is 4.43. The van der Waals surface area contributed by atoms with Gasteiger partial charge in [-0.05, 0) is 43.9 Å². The third kappa shape index (κ3) is 3.91. The molecule has 0 spiro atoms. The Bertz CT molecular complexity index is 309. The van der Waals surface area contributed by atoms with Gasteiger partial charge >= 0.3 is 0 Å². The summed E-state index contributed by atoms with van der Waals surface area (Å²) in [5.41, 5.74) is 0.347. The van der Waals surface area contributed by atoms with Crippen LogP contribution in [0, 0.1) is 5.41 Å². The third-order valence-electron chi connectivity index (χ3n) is 3.14. The second-order valence-corrected chi connectivity index (χ2v) is 6.72. The molecule has 0 aromatic carbocycles. The molecule has 16 heavy (non-hydrogen) atoms. The molecule has 0 amide bonds. The molecule has 0 fully saturated rings. The number of nitrogens with one attached hydrogen (secondary N) is 1. The van der Waals surface area contributed by atoms with Gasteiger partial charge in [0.1, 0.15) is 0 Å². The van der Waals surface area contributed by atoms with E-state index < -0.39 is 0 Å². The molecule has 0 saturated heterocycles. The Hall–Kier alpha value is -0.340. The minimum atomic E-state index is 0.347. The molecule has 1 unspecified atom stereocenters. The van der Waals surface area contributed by atoms with Crippen LogP contribution in [-0.4, -0.2) is 13.1 Å². The molecule has 1 nitrogen and oxygen atoms in total. The zero-order chi connectivity index (χ0) is 12.2. The average Bonchev–Trinajstić information content (AvgIpc) is 2.64. The fourth-order valence-corrected chi connectivity index (χ4v) is 3.02. The first-order valence-corrected chi connectivity index (χ1v) is 7.04. The number of thiophene rings is 1. The van der Waals surface area contributed by atoms with Crippen molar-refractivity contribution in [2.75, 3.05) is 7.05 Å². The summed E-state index contributed by atoms with van der Waals surface area (Å²) < 4.78 is 0. The molecule has 0 radical (unpaired) electrons. The highest BCUT2D eigenvalue weighted by Gasteiger charge is 2.22. The average molecular weight is 239 g/mol. The highest BCUT2D eigenvalue weighted by atomic mass is 32.1. The Balaban J connectivity index is 2.49. The first-order valence-electron chi connectivity index (χ1n) is 6.22. The predicted molar refractivity (Wildman–Crippen MR) is 74.3 cm³/mol. The van der Waals surface area contributed by atoms with E-state index in [9.17, 15) is 0 Å². The number of rotatable bonds is 5. The molecule has 1 heterocycles. The molecule has 0 saturated carbocycles. The lowest BCUT2D eigenvalue weighted by Gasteiger charge is -2.30. The molecule has 0 aliphatic heterocycles. The lowest BCUT2D eigenvalue weighted by atomic mass is 9.84. The van der Waals surface area contributed by atoms with Gasteiger partial charge in [0, 0.05) is 15.8 Å². The van der Waals surface area contributed by atoms with Gasteiger partial charge in [0.15, 0.2) is 0 Å². The SMILES string of the molecule is CCc1ccc(CCC(NC)C(C)(C)C)s1. The van der Waals surface area contributed by atoms with Crippen molar-refractivity contribution in [3.05, 3.63) is 21.9 Å². The first-order chi connectivity index (χ1) is 7.47. The molecule has 1 rings (SSSR count). The topological polar surface area (TPSA) is 12.0 Å². The van der Waals surface area contributed by atoms with Crippen molar-refractivity contribution < 1.29 is 0 Å². The molecule has 92 valence electrons. The van der Waals surface area contributed by atoms with E-state index in [4.69, 9.17) is 0 Å². The fraction of sp³-hybridized carbons (Fsp3) is 0.714. The van der Waals surface area contributed by atoms with Crippen molar-refractivity contribution in [2.45, 2.75) is 53.0 Å². The van der Waals surface area contributed by atoms with Crippen LogP contribution in [-0.2, 0) is 12.8 Å². The number of aryl methyl sites for hydroxylation is 2. The zero-order valence-corrected chi connectivity index (χ0v) is 12.1. The Kier molecular flexibility index (Phi) is 5.00. The van der Waals surface area contributed by atoms with Gasteiger partial charge in [0.05, 0.1) is 0 Å². The monoisotopic (exact) mass is 239 g/mol. The molecule has 1 N–H and O–H groups in total. The Morgan fingerprint density at radius 1 is 1.25 bits per heavy atom. The van der Waals surface area contributed by atoms with Crippen LogP contribution in [0.5, 0.6) is 0 Å². The molecule has 0 aliphatic carbocycles. The zero-order valence-electron chi connectivity index (χ0n) is 11.3. The quantitative estimate of drug-likeness (QED) is 0.822. The Morgan fingerprint density at radius 2 is 1.88 bits per heavy atom. The van der Waals surface area contributed by atoms with E-state index in [1.54, 1.807) is 0 Å². The molecule has 2 heteroatoms. The summed E-state index contributed by atoms with van der Waals surface area (Å²) in [7, 11) is 2.07. The Labute approximate surface area is 104 Å². The fourth-order valence-electron chi connectivity index (χ4n) is 2.04. The molecule has 1 aromatic heterocycles. The largest absolute Gasteiger partial charge is 0.316 e. The van der Waals surface area contributed by atoms with Crippen molar-refractivity contribution in [2.24, 2.45) is 5.41 Å². The Morgan fingerprint density at radius 3 is 2.31 bits per heavy atom. The maximum atomic E-state index is 3.44. The van der Waals surface area contributed by atoms with E-state index in [-0.39, 0.29) is 0 Å². The smallest absolute Gasteiger partial charge is 0.0116 e. The van der Waals surface area contributed by atoms with Crippen LogP contribution < -0.4 is 5.32 Å². The summed E-state index contributed by atoms with van der Waals surface area (Å²) in [5, 5.41) is 3.44. The van der Waals surface area contributed by atoms with Crippen LogP contribution in [0.15, 0.2) is 12.1 Å². The minimum absolute atomic E-state index is 0.347. The van der Waals surface area contributed by atoms with E-state index in [1.165, 1.54) is 29.0 Å². The van der Waals surface area contributed by atoms with Crippen LogP contribution in [0.25, 0.3) is 0 Å². The van der Waals surface area contributed by atoms with Gasteiger partial charge in [-0.2, -0.15) is 0 Å². The molecule has 0 bridgehead atoms. The van der Waals surface area contributed by atoms with Crippen molar-refractivity contribution in [3.63, 3.8) is 0 Å². The van der Waals surface area contributed by atoms with Gasteiger partial charge in [0.2, 0.25) is 0 Å². The summed E-state index contributed by atoms with van der Waals surface area (Å²) >= 11 is 1.97. The summed E-state index contributed by atoms with van der Waals surface area (Å²) in [4.78, 5) is 3.04. The lowest BCUT2D eigenvalue weighted by Crippen LogP contribution is -2.38. The van der Waals surface area contributed by atoms with Crippen LogP contribution >= 0.6 is 11.3 Å². The normalized spacial score (nSPS) is 14.1. The molecular formula is C14H25NS. The second-order valence-electron chi connectivity index (χ2n) is 5.47. The van der Waals surface area contributed by atoms with Gasteiger partial charge in [0.25, 0.3) is 0 Å². The number of hydrogen-bond acceptors (Lipinski definition) is 2. The van der Waals surface area contributed by atoms with Gasteiger partial charge in [-0.1, -0.05) is 27.7 Å². The van der Waals surface area contributed by atoms with Crippen molar-refractivity contribution >= 4 is 11.3 Å². The summed E-state index contributed by atoms with van der Waals surface area (Å²) in [6.45, 7) is 9.14. The summed E-state index contributed by atoms with van der Waals surface area (Å²) in [5.74, 6) is 0. The van der Waals surface area contributed by atoms with Crippen molar-refractivity contribution in [1.82, 2.24) is 5.32 Å². The highest BCUT2D eigenvalue weighted by Crippen LogP contribution is 2.25. The highest BCUT2D eigenvalue weighted by molar-refractivity contribution is 7.11. The number of hydrogen-bond donors (Lipinski definition) is 1. The molecule has 0 aliphatic rings. The van der Waals surface area contributed by atoms with Gasteiger partial charge < -0.3 is 5.32 Å². The van der Waals surface area contributed by atoms with Crippen LogP contribution in [0.4, 0.5) is 0 Å². The van der Waals surface area contributed by atoms with Gasteiger partial charge in [-0.25, -0.2) is 0 Å².